The SMILES string of the molecule is CC(=O)N(CCC(=O)Nc1c(C)cc(C)cc1C)c1c(C)cccc1C. The van der Waals surface area contributed by atoms with Crippen LogP contribution in [0.3, 0.4) is 0 Å². The minimum absolute atomic E-state index is 0.0575. The lowest BCUT2D eigenvalue weighted by Crippen LogP contribution is -2.33. The lowest BCUT2D eigenvalue weighted by atomic mass is 10.0. The average Bonchev–Trinajstić information content (AvgIpc) is 2.53. The van der Waals surface area contributed by atoms with Crippen molar-refractivity contribution in [2.45, 2.75) is 48.0 Å². The molecule has 4 heteroatoms. The van der Waals surface area contributed by atoms with Crippen LogP contribution in [0.4, 0.5) is 11.4 Å². The van der Waals surface area contributed by atoms with Gasteiger partial charge in [-0.2, -0.15) is 0 Å². The molecule has 0 heterocycles. The Morgan fingerprint density at radius 3 is 1.96 bits per heavy atom. The molecule has 0 saturated carbocycles. The van der Waals surface area contributed by atoms with Gasteiger partial charge < -0.3 is 10.2 Å². The standard InChI is InChI=1S/C22H28N2O2/c1-14-12-17(4)21(18(5)13-14)23-20(26)10-11-24(19(6)25)22-15(2)8-7-9-16(22)3/h7-9,12-13H,10-11H2,1-6H3,(H,23,26). The van der Waals surface area contributed by atoms with Crippen molar-refractivity contribution in [1.82, 2.24) is 0 Å². The largest absolute Gasteiger partial charge is 0.326 e. The number of carbonyl (C=O) groups is 2. The third kappa shape index (κ3) is 4.51. The van der Waals surface area contributed by atoms with Crippen LogP contribution in [-0.2, 0) is 9.59 Å². The highest BCUT2D eigenvalue weighted by Crippen LogP contribution is 2.25. The molecule has 2 aromatic carbocycles. The number of nitrogens with zero attached hydrogens (tertiary/aromatic N) is 1. The van der Waals surface area contributed by atoms with E-state index in [2.05, 4.69) is 17.4 Å². The highest BCUT2D eigenvalue weighted by Gasteiger charge is 2.18. The summed E-state index contributed by atoms with van der Waals surface area (Å²) < 4.78 is 0. The van der Waals surface area contributed by atoms with Gasteiger partial charge in [0.1, 0.15) is 0 Å². The molecule has 0 aromatic heterocycles. The molecule has 1 N–H and O–H groups in total. The summed E-state index contributed by atoms with van der Waals surface area (Å²) in [6, 6.07) is 10.1. The van der Waals surface area contributed by atoms with Crippen LogP contribution >= 0.6 is 0 Å². The number of rotatable bonds is 5. The molecule has 138 valence electrons. The highest BCUT2D eigenvalue weighted by molar-refractivity contribution is 5.96. The molecule has 0 atom stereocenters. The Balaban J connectivity index is 2.13. The summed E-state index contributed by atoms with van der Waals surface area (Å²) in [5.74, 6) is -0.143. The maximum atomic E-state index is 12.5. The molecule has 0 unspecified atom stereocenters. The van der Waals surface area contributed by atoms with E-state index in [4.69, 9.17) is 0 Å². The molecule has 26 heavy (non-hydrogen) atoms. The maximum Gasteiger partial charge on any atom is 0.226 e. The minimum Gasteiger partial charge on any atom is -0.326 e. The molecule has 0 bridgehead atoms. The smallest absolute Gasteiger partial charge is 0.226 e. The van der Waals surface area contributed by atoms with Gasteiger partial charge in [0.25, 0.3) is 0 Å². The zero-order chi connectivity index (χ0) is 19.4. The van der Waals surface area contributed by atoms with E-state index < -0.39 is 0 Å². The first kappa shape index (κ1) is 19.7. The first-order chi connectivity index (χ1) is 12.2. The summed E-state index contributed by atoms with van der Waals surface area (Å²) in [5, 5.41) is 3.00. The zero-order valence-electron chi connectivity index (χ0n) is 16.6. The quantitative estimate of drug-likeness (QED) is 0.854. The monoisotopic (exact) mass is 352 g/mol. The van der Waals surface area contributed by atoms with Crippen LogP contribution < -0.4 is 10.2 Å². The van der Waals surface area contributed by atoms with E-state index in [9.17, 15) is 9.59 Å². The number of amides is 2. The molecular formula is C22H28N2O2. The molecule has 2 aromatic rings. The maximum absolute atomic E-state index is 12.5. The second-order valence-corrected chi connectivity index (χ2v) is 6.98. The summed E-state index contributed by atoms with van der Waals surface area (Å²) >= 11 is 0. The Labute approximate surface area is 156 Å². The molecule has 0 saturated heterocycles. The summed E-state index contributed by atoms with van der Waals surface area (Å²) in [7, 11) is 0. The highest BCUT2D eigenvalue weighted by atomic mass is 16.2. The van der Waals surface area contributed by atoms with E-state index in [0.717, 1.165) is 33.6 Å². The van der Waals surface area contributed by atoms with Crippen LogP contribution in [0.5, 0.6) is 0 Å². The third-order valence-corrected chi connectivity index (χ3v) is 4.59. The Morgan fingerprint density at radius 2 is 1.46 bits per heavy atom. The Morgan fingerprint density at radius 1 is 0.923 bits per heavy atom. The van der Waals surface area contributed by atoms with E-state index in [1.165, 1.54) is 12.5 Å². The van der Waals surface area contributed by atoms with Gasteiger partial charge in [-0.25, -0.2) is 0 Å². The van der Waals surface area contributed by atoms with Gasteiger partial charge in [0.05, 0.1) is 0 Å². The van der Waals surface area contributed by atoms with Crippen molar-refractivity contribution in [3.05, 3.63) is 58.1 Å². The Kier molecular flexibility index (Phi) is 6.19. The van der Waals surface area contributed by atoms with E-state index in [-0.39, 0.29) is 18.2 Å². The van der Waals surface area contributed by atoms with Gasteiger partial charge in [0.15, 0.2) is 0 Å². The van der Waals surface area contributed by atoms with E-state index in [1.54, 1.807) is 4.90 Å². The van der Waals surface area contributed by atoms with Crippen molar-refractivity contribution in [1.29, 1.82) is 0 Å². The van der Waals surface area contributed by atoms with Crippen LogP contribution in [0.15, 0.2) is 30.3 Å². The van der Waals surface area contributed by atoms with Gasteiger partial charge in [-0.15, -0.1) is 0 Å². The number of anilines is 2. The average molecular weight is 352 g/mol. The normalized spacial score (nSPS) is 10.5. The molecular weight excluding hydrogens is 324 g/mol. The number of benzene rings is 2. The van der Waals surface area contributed by atoms with E-state index in [0.29, 0.717) is 6.54 Å². The fourth-order valence-corrected chi connectivity index (χ4v) is 3.45. The fraction of sp³-hybridized carbons (Fsp3) is 0.364. The Hall–Kier alpha value is -2.62. The number of hydrogen-bond donors (Lipinski definition) is 1. The summed E-state index contributed by atoms with van der Waals surface area (Å²) in [4.78, 5) is 26.3. The zero-order valence-corrected chi connectivity index (χ0v) is 16.6. The summed E-state index contributed by atoms with van der Waals surface area (Å²) in [6.45, 7) is 11.9. The number of nitrogens with one attached hydrogen (secondary N) is 1. The first-order valence-corrected chi connectivity index (χ1v) is 8.92. The van der Waals surface area contributed by atoms with Crippen molar-refractivity contribution in [3.63, 3.8) is 0 Å². The van der Waals surface area contributed by atoms with Crippen LogP contribution in [0.2, 0.25) is 0 Å². The number of carbonyl (C=O) groups excluding carboxylic acids is 2. The lowest BCUT2D eigenvalue weighted by Gasteiger charge is -2.25. The van der Waals surface area contributed by atoms with Crippen molar-refractivity contribution in [2.24, 2.45) is 0 Å². The predicted molar refractivity (Wildman–Crippen MR) is 108 cm³/mol. The molecule has 0 radical (unpaired) electrons. The van der Waals surface area contributed by atoms with Gasteiger partial charge in [-0.1, -0.05) is 35.9 Å². The van der Waals surface area contributed by atoms with E-state index in [1.807, 2.05) is 52.8 Å². The molecule has 0 aliphatic rings. The topological polar surface area (TPSA) is 49.4 Å². The second-order valence-electron chi connectivity index (χ2n) is 6.98. The third-order valence-electron chi connectivity index (χ3n) is 4.59. The number of hydrogen-bond acceptors (Lipinski definition) is 2. The van der Waals surface area contributed by atoms with Gasteiger partial charge in [-0.3, -0.25) is 9.59 Å². The summed E-state index contributed by atoms with van der Waals surface area (Å²) in [6.07, 6.45) is 0.250. The van der Waals surface area contributed by atoms with Gasteiger partial charge in [0.2, 0.25) is 11.8 Å². The second kappa shape index (κ2) is 8.17. The van der Waals surface area contributed by atoms with Crippen molar-refractivity contribution >= 4 is 23.2 Å². The molecule has 0 aliphatic heterocycles. The van der Waals surface area contributed by atoms with Crippen LogP contribution in [0.1, 0.15) is 41.2 Å². The number of para-hydroxylation sites is 1. The molecule has 2 rings (SSSR count). The van der Waals surface area contributed by atoms with Crippen molar-refractivity contribution in [3.8, 4) is 0 Å². The fourth-order valence-electron chi connectivity index (χ4n) is 3.45. The molecule has 0 aliphatic carbocycles. The van der Waals surface area contributed by atoms with Gasteiger partial charge in [-0.05, 0) is 56.9 Å². The van der Waals surface area contributed by atoms with Crippen LogP contribution in [0.25, 0.3) is 0 Å². The first-order valence-electron chi connectivity index (χ1n) is 8.92. The van der Waals surface area contributed by atoms with Gasteiger partial charge >= 0.3 is 0 Å². The Bertz CT molecular complexity index is 797. The molecule has 0 fully saturated rings. The minimum atomic E-state index is -0.0856. The van der Waals surface area contributed by atoms with Crippen molar-refractivity contribution < 1.29 is 9.59 Å². The van der Waals surface area contributed by atoms with Crippen molar-refractivity contribution in [2.75, 3.05) is 16.8 Å². The molecule has 0 spiro atoms. The van der Waals surface area contributed by atoms with E-state index >= 15 is 0 Å². The predicted octanol–water partition coefficient (Wildman–Crippen LogP) is 4.61. The van der Waals surface area contributed by atoms with Crippen LogP contribution in [0, 0.1) is 34.6 Å². The van der Waals surface area contributed by atoms with Gasteiger partial charge in [0, 0.05) is 31.3 Å². The molecule has 4 nitrogen and oxygen atoms in total. The molecule has 2 amide bonds. The number of aryl methyl sites for hydroxylation is 5. The summed E-state index contributed by atoms with van der Waals surface area (Å²) in [5.41, 5.74) is 7.10. The van der Waals surface area contributed by atoms with Crippen LogP contribution in [-0.4, -0.2) is 18.4 Å². The lowest BCUT2D eigenvalue weighted by molar-refractivity contribution is -0.117.